The second-order valence-corrected chi connectivity index (χ2v) is 6.40. The lowest BCUT2D eigenvalue weighted by atomic mass is 10.3. The Bertz CT molecular complexity index is 724. The van der Waals surface area contributed by atoms with E-state index in [1.165, 1.54) is 0 Å². The lowest BCUT2D eigenvalue weighted by molar-refractivity contribution is -0.114. The van der Waals surface area contributed by atoms with Crippen LogP contribution >= 0.6 is 0 Å². The van der Waals surface area contributed by atoms with Gasteiger partial charge in [0.25, 0.3) is 0 Å². The minimum atomic E-state index is -0.117. The summed E-state index contributed by atoms with van der Waals surface area (Å²) in [7, 11) is 0. The molecule has 0 unspecified atom stereocenters. The van der Waals surface area contributed by atoms with Crippen molar-refractivity contribution in [3.63, 3.8) is 0 Å². The van der Waals surface area contributed by atoms with Crippen molar-refractivity contribution in [3.05, 3.63) is 60.7 Å². The van der Waals surface area contributed by atoms with Gasteiger partial charge >= 0.3 is 0 Å². The molecular weight excluding hydrogens is 340 g/mol. The number of carbonyl (C=O) groups is 1. The number of benzene rings is 2. The van der Waals surface area contributed by atoms with Crippen LogP contribution in [0.5, 0.6) is 11.5 Å². The van der Waals surface area contributed by atoms with E-state index in [-0.39, 0.29) is 12.5 Å². The maximum atomic E-state index is 12.1. The monoisotopic (exact) mass is 368 g/mol. The van der Waals surface area contributed by atoms with Gasteiger partial charge in [-0.15, -0.1) is 0 Å². The fourth-order valence-corrected chi connectivity index (χ4v) is 2.23. The first-order chi connectivity index (χ1) is 13.1. The number of rotatable bonds is 11. The Morgan fingerprint density at radius 3 is 2.15 bits per heavy atom. The normalized spacial score (nSPS) is 10.1. The first-order valence-electron chi connectivity index (χ1n) is 9.20. The van der Waals surface area contributed by atoms with Gasteiger partial charge in [-0.3, -0.25) is 4.79 Å². The maximum absolute atomic E-state index is 12.1. The van der Waals surface area contributed by atoms with Crippen molar-refractivity contribution in [2.75, 3.05) is 30.4 Å². The summed E-state index contributed by atoms with van der Waals surface area (Å²) < 4.78 is 11.2. The Kier molecular flexibility index (Phi) is 8.23. The molecular formula is C22H28N2O3. The van der Waals surface area contributed by atoms with Crippen molar-refractivity contribution >= 4 is 17.3 Å². The molecule has 0 heterocycles. The minimum absolute atomic E-state index is 0.117. The molecule has 2 aromatic carbocycles. The van der Waals surface area contributed by atoms with Gasteiger partial charge in [0.1, 0.15) is 18.1 Å². The van der Waals surface area contributed by atoms with E-state index in [4.69, 9.17) is 9.47 Å². The molecule has 5 heteroatoms. The van der Waals surface area contributed by atoms with Crippen LogP contribution in [-0.4, -0.2) is 25.7 Å². The van der Waals surface area contributed by atoms with Crippen molar-refractivity contribution in [2.45, 2.75) is 26.7 Å². The summed E-state index contributed by atoms with van der Waals surface area (Å²) in [4.78, 5) is 12.1. The van der Waals surface area contributed by atoms with Crippen LogP contribution in [0.25, 0.3) is 0 Å². The van der Waals surface area contributed by atoms with Gasteiger partial charge in [-0.2, -0.15) is 0 Å². The molecule has 0 bridgehead atoms. The maximum Gasteiger partial charge on any atom is 0.243 e. The Morgan fingerprint density at radius 1 is 0.963 bits per heavy atom. The largest absolute Gasteiger partial charge is 0.494 e. The first kappa shape index (κ1) is 20.4. The third-order valence-corrected chi connectivity index (χ3v) is 3.70. The van der Waals surface area contributed by atoms with Crippen LogP contribution in [-0.2, 0) is 4.79 Å². The summed E-state index contributed by atoms with van der Waals surface area (Å²) in [5, 5.41) is 5.95. The molecule has 0 atom stereocenters. The van der Waals surface area contributed by atoms with E-state index in [2.05, 4.69) is 24.1 Å². The van der Waals surface area contributed by atoms with Gasteiger partial charge in [0.05, 0.1) is 13.2 Å². The zero-order chi connectivity index (χ0) is 19.5. The number of hydrogen-bond donors (Lipinski definition) is 2. The van der Waals surface area contributed by atoms with Gasteiger partial charge in [-0.1, -0.05) is 19.9 Å². The van der Waals surface area contributed by atoms with Gasteiger partial charge in [0, 0.05) is 11.4 Å². The van der Waals surface area contributed by atoms with E-state index in [1.807, 2.05) is 55.5 Å². The molecule has 144 valence electrons. The van der Waals surface area contributed by atoms with Crippen LogP contribution in [0.2, 0.25) is 0 Å². The summed E-state index contributed by atoms with van der Waals surface area (Å²) in [6.07, 6.45) is 2.15. The van der Waals surface area contributed by atoms with Crippen molar-refractivity contribution < 1.29 is 14.3 Å². The molecule has 0 aliphatic rings. The standard InChI is InChI=1S/C22H28N2O3/c1-4-5-14-26-20-10-6-18(7-11-20)23-15-22(25)24-19-8-12-21(13-9-19)27-16-17(2)3/h6-13,23H,2,4-5,14-16H2,1,3H3,(H,24,25). The van der Waals surface area contributed by atoms with Crippen molar-refractivity contribution in [1.29, 1.82) is 0 Å². The molecule has 1 amide bonds. The molecule has 0 aliphatic heterocycles. The second kappa shape index (κ2) is 10.9. The number of carbonyl (C=O) groups excluding carboxylic acids is 1. The van der Waals surface area contributed by atoms with Gasteiger partial charge in [0.15, 0.2) is 0 Å². The smallest absolute Gasteiger partial charge is 0.243 e. The van der Waals surface area contributed by atoms with Crippen LogP contribution < -0.4 is 20.1 Å². The summed E-state index contributed by atoms with van der Waals surface area (Å²) in [5.41, 5.74) is 2.56. The van der Waals surface area contributed by atoms with Crippen molar-refractivity contribution in [1.82, 2.24) is 0 Å². The average molecular weight is 368 g/mol. The fraction of sp³-hybridized carbons (Fsp3) is 0.318. The number of nitrogens with one attached hydrogen (secondary N) is 2. The number of unbranched alkanes of at least 4 members (excludes halogenated alkanes) is 1. The van der Waals surface area contributed by atoms with E-state index in [0.29, 0.717) is 6.61 Å². The van der Waals surface area contributed by atoms with Crippen molar-refractivity contribution in [3.8, 4) is 11.5 Å². The lowest BCUT2D eigenvalue weighted by Crippen LogP contribution is -2.21. The third kappa shape index (κ3) is 7.86. The van der Waals surface area contributed by atoms with Crippen LogP contribution in [0.15, 0.2) is 60.7 Å². The van der Waals surface area contributed by atoms with Gasteiger partial charge in [0.2, 0.25) is 5.91 Å². The van der Waals surface area contributed by atoms with Gasteiger partial charge < -0.3 is 20.1 Å². The lowest BCUT2D eigenvalue weighted by Gasteiger charge is -2.10. The number of ether oxygens (including phenoxy) is 2. The summed E-state index contributed by atoms with van der Waals surface area (Å²) >= 11 is 0. The minimum Gasteiger partial charge on any atom is -0.494 e. The van der Waals surface area contributed by atoms with Crippen LogP contribution in [0, 0.1) is 0 Å². The molecule has 0 fully saturated rings. The van der Waals surface area contributed by atoms with Gasteiger partial charge in [-0.05, 0) is 67.4 Å². The Balaban J connectivity index is 1.74. The van der Waals surface area contributed by atoms with E-state index in [9.17, 15) is 4.79 Å². The average Bonchev–Trinajstić information content (AvgIpc) is 2.67. The Hall–Kier alpha value is -2.95. The Labute approximate surface area is 161 Å². The highest BCUT2D eigenvalue weighted by molar-refractivity contribution is 5.93. The highest BCUT2D eigenvalue weighted by Crippen LogP contribution is 2.17. The quantitative estimate of drug-likeness (QED) is 0.439. The highest BCUT2D eigenvalue weighted by Gasteiger charge is 2.03. The molecule has 0 radical (unpaired) electrons. The molecule has 2 aromatic rings. The number of hydrogen-bond acceptors (Lipinski definition) is 4. The first-order valence-corrected chi connectivity index (χ1v) is 9.20. The molecule has 0 aliphatic carbocycles. The van der Waals surface area contributed by atoms with E-state index >= 15 is 0 Å². The van der Waals surface area contributed by atoms with Crippen LogP contribution in [0.3, 0.4) is 0 Å². The Morgan fingerprint density at radius 2 is 1.56 bits per heavy atom. The van der Waals surface area contributed by atoms with Gasteiger partial charge in [-0.25, -0.2) is 0 Å². The zero-order valence-electron chi connectivity index (χ0n) is 16.1. The topological polar surface area (TPSA) is 59.6 Å². The van der Waals surface area contributed by atoms with Crippen LogP contribution in [0.4, 0.5) is 11.4 Å². The fourth-order valence-electron chi connectivity index (χ4n) is 2.23. The van der Waals surface area contributed by atoms with Crippen molar-refractivity contribution in [2.24, 2.45) is 0 Å². The molecule has 2 N–H and O–H groups in total. The molecule has 0 aromatic heterocycles. The molecule has 0 spiro atoms. The molecule has 27 heavy (non-hydrogen) atoms. The number of amides is 1. The van der Waals surface area contributed by atoms with E-state index in [1.54, 1.807) is 0 Å². The molecule has 5 nitrogen and oxygen atoms in total. The molecule has 0 saturated carbocycles. The zero-order valence-corrected chi connectivity index (χ0v) is 16.1. The second-order valence-electron chi connectivity index (χ2n) is 6.40. The SMILES string of the molecule is C=C(C)COc1ccc(NC(=O)CNc2ccc(OCCCC)cc2)cc1. The summed E-state index contributed by atoms with van der Waals surface area (Å²) in [5.74, 6) is 1.47. The molecule has 0 saturated heterocycles. The predicted octanol–water partition coefficient (Wildman–Crippen LogP) is 4.87. The van der Waals surface area contributed by atoms with E-state index in [0.717, 1.165) is 47.9 Å². The summed E-state index contributed by atoms with van der Waals surface area (Å²) in [6, 6.07) is 14.9. The molecule has 2 rings (SSSR count). The highest BCUT2D eigenvalue weighted by atomic mass is 16.5. The van der Waals surface area contributed by atoms with E-state index < -0.39 is 0 Å². The summed E-state index contributed by atoms with van der Waals surface area (Å²) in [6.45, 7) is 9.24. The third-order valence-electron chi connectivity index (χ3n) is 3.70. The van der Waals surface area contributed by atoms with Crippen LogP contribution in [0.1, 0.15) is 26.7 Å². The predicted molar refractivity (Wildman–Crippen MR) is 111 cm³/mol. The number of anilines is 2.